The predicted molar refractivity (Wildman–Crippen MR) is 123 cm³/mol. The van der Waals surface area contributed by atoms with Crippen LogP contribution in [-0.4, -0.2) is 28.0 Å². The first-order valence-electron chi connectivity index (χ1n) is 10.7. The summed E-state index contributed by atoms with van der Waals surface area (Å²) < 4.78 is 0. The number of aromatic nitrogens is 1. The molecule has 31 heavy (non-hydrogen) atoms. The minimum atomic E-state index is -0.534. The van der Waals surface area contributed by atoms with Gasteiger partial charge in [0.05, 0.1) is 18.5 Å². The lowest BCUT2D eigenvalue weighted by atomic mass is 9.62. The van der Waals surface area contributed by atoms with Gasteiger partial charge >= 0.3 is 6.03 Å². The van der Waals surface area contributed by atoms with E-state index in [9.17, 15) is 9.59 Å². The largest absolute Gasteiger partial charge is 0.350 e. The van der Waals surface area contributed by atoms with Crippen LogP contribution in [0.3, 0.4) is 0 Å². The molecular weight excluding hydrogens is 386 g/mol. The number of hydrogen-bond donors (Lipinski definition) is 0. The Morgan fingerprint density at radius 2 is 1.71 bits per heavy atom. The Labute approximate surface area is 183 Å². The molecule has 0 saturated heterocycles. The molecule has 1 aromatic carbocycles. The van der Waals surface area contributed by atoms with Crippen molar-refractivity contribution in [1.29, 1.82) is 0 Å². The Kier molecular flexibility index (Phi) is 4.95. The van der Waals surface area contributed by atoms with Crippen molar-refractivity contribution in [2.45, 2.75) is 64.8 Å². The molecule has 0 fully saturated rings. The van der Waals surface area contributed by atoms with Crippen LogP contribution in [0.5, 0.6) is 0 Å². The maximum atomic E-state index is 11.7. The highest BCUT2D eigenvalue weighted by molar-refractivity contribution is 6.35. The van der Waals surface area contributed by atoms with Gasteiger partial charge in [-0.1, -0.05) is 46.4 Å². The number of rotatable bonds is 4. The molecule has 0 unspecified atom stereocenters. The van der Waals surface area contributed by atoms with E-state index in [0.29, 0.717) is 0 Å². The van der Waals surface area contributed by atoms with Crippen molar-refractivity contribution in [3.8, 4) is 0 Å². The predicted octanol–water partition coefficient (Wildman–Crippen LogP) is 5.33. The number of nitrogens with zero attached hydrogens (tertiary/aromatic N) is 3. The van der Waals surface area contributed by atoms with Crippen molar-refractivity contribution in [1.82, 2.24) is 9.88 Å². The quantitative estimate of drug-likeness (QED) is 0.678. The summed E-state index contributed by atoms with van der Waals surface area (Å²) in [5.74, 6) is -0.395. The van der Waals surface area contributed by atoms with E-state index in [-0.39, 0.29) is 17.4 Å². The smallest absolute Gasteiger partial charge is 0.267 e. The standard InChI is InChI=1S/C26H29N3O2/c1-16-11-20-21(26(5,6)10-9-25(20,3)4)12-19(16)17(2)22-8-7-18(13-27-22)15-29-23(30)14-28-24(29)31/h7-8,11-14H,2,9-10,15H2,1,3-6H3. The normalized spacial score (nSPS) is 18.9. The Morgan fingerprint density at radius 3 is 2.26 bits per heavy atom. The van der Waals surface area contributed by atoms with Gasteiger partial charge in [0.15, 0.2) is 0 Å². The van der Waals surface area contributed by atoms with Crippen LogP contribution in [0, 0.1) is 6.92 Å². The number of pyridine rings is 1. The average Bonchev–Trinajstić information content (AvgIpc) is 3.03. The highest BCUT2D eigenvalue weighted by Gasteiger charge is 2.37. The second kappa shape index (κ2) is 7.26. The summed E-state index contributed by atoms with van der Waals surface area (Å²) in [7, 11) is 0. The fourth-order valence-electron chi connectivity index (χ4n) is 4.55. The molecule has 0 saturated carbocycles. The van der Waals surface area contributed by atoms with Crippen LogP contribution in [-0.2, 0) is 22.2 Å². The number of aliphatic imine (C=N–C) groups is 1. The van der Waals surface area contributed by atoms with E-state index in [0.717, 1.165) is 39.9 Å². The molecule has 3 amide bonds. The van der Waals surface area contributed by atoms with Crippen LogP contribution in [0.2, 0.25) is 0 Å². The number of carbonyl (C=O) groups excluding carboxylic acids is 2. The van der Waals surface area contributed by atoms with E-state index in [4.69, 9.17) is 0 Å². The first kappa shape index (κ1) is 21.2. The highest BCUT2D eigenvalue weighted by Crippen LogP contribution is 2.47. The van der Waals surface area contributed by atoms with Crippen LogP contribution < -0.4 is 0 Å². The van der Waals surface area contributed by atoms with E-state index in [2.05, 4.69) is 63.3 Å². The van der Waals surface area contributed by atoms with Gasteiger partial charge in [-0.3, -0.25) is 14.7 Å². The molecule has 0 spiro atoms. The number of carbonyl (C=O) groups is 2. The number of fused-ring (bicyclic) bond motifs is 1. The lowest BCUT2D eigenvalue weighted by Gasteiger charge is -2.42. The van der Waals surface area contributed by atoms with Crippen LogP contribution >= 0.6 is 0 Å². The maximum absolute atomic E-state index is 11.7. The van der Waals surface area contributed by atoms with Crippen molar-refractivity contribution >= 4 is 23.7 Å². The molecule has 4 rings (SSSR count). The number of benzene rings is 1. The van der Waals surface area contributed by atoms with Crippen molar-refractivity contribution in [2.75, 3.05) is 0 Å². The third kappa shape index (κ3) is 3.73. The summed E-state index contributed by atoms with van der Waals surface area (Å²) in [6.07, 6.45) is 5.09. The number of hydrogen-bond acceptors (Lipinski definition) is 3. The molecule has 5 nitrogen and oxygen atoms in total. The first-order chi connectivity index (χ1) is 14.5. The number of imide groups is 1. The number of aryl methyl sites for hydroxylation is 1. The summed E-state index contributed by atoms with van der Waals surface area (Å²) in [6.45, 7) is 15.9. The monoisotopic (exact) mass is 415 g/mol. The van der Waals surface area contributed by atoms with Crippen LogP contribution in [0.1, 0.15) is 74.0 Å². The van der Waals surface area contributed by atoms with Crippen LogP contribution in [0.25, 0.3) is 5.57 Å². The molecule has 2 heterocycles. The van der Waals surface area contributed by atoms with Gasteiger partial charge in [-0.05, 0) is 70.5 Å². The zero-order valence-electron chi connectivity index (χ0n) is 19.0. The van der Waals surface area contributed by atoms with Gasteiger partial charge in [-0.15, -0.1) is 0 Å². The molecular formula is C26H29N3O2. The first-order valence-corrected chi connectivity index (χ1v) is 10.7. The third-order valence-electron chi connectivity index (χ3n) is 6.78. The molecule has 2 aromatic rings. The van der Waals surface area contributed by atoms with E-state index in [1.807, 2.05) is 12.1 Å². The minimum Gasteiger partial charge on any atom is -0.267 e. The molecule has 160 valence electrons. The fourth-order valence-corrected chi connectivity index (χ4v) is 4.55. The SMILES string of the molecule is C=C(c1ccc(CN2C(=O)C=NC2=O)cn1)c1cc2c(cc1C)C(C)(C)CCC2(C)C. The second-order valence-electron chi connectivity index (χ2n) is 9.98. The Bertz CT molecular complexity index is 1110. The Hall–Kier alpha value is -3.08. The number of urea groups is 1. The third-order valence-corrected chi connectivity index (χ3v) is 6.78. The van der Waals surface area contributed by atoms with E-state index in [1.54, 1.807) is 6.20 Å². The molecule has 0 atom stereocenters. The van der Waals surface area contributed by atoms with Crippen molar-refractivity contribution in [3.05, 3.63) is 70.6 Å². The Morgan fingerprint density at radius 1 is 1.06 bits per heavy atom. The lowest BCUT2D eigenvalue weighted by molar-refractivity contribution is -0.120. The van der Waals surface area contributed by atoms with Crippen LogP contribution in [0.4, 0.5) is 4.79 Å². The molecule has 1 aliphatic heterocycles. The molecule has 5 heteroatoms. The van der Waals surface area contributed by atoms with Gasteiger partial charge in [-0.25, -0.2) is 4.79 Å². The summed E-state index contributed by atoms with van der Waals surface area (Å²) >= 11 is 0. The van der Waals surface area contributed by atoms with Crippen molar-refractivity contribution in [3.63, 3.8) is 0 Å². The van der Waals surface area contributed by atoms with Gasteiger partial charge in [0, 0.05) is 11.8 Å². The summed E-state index contributed by atoms with van der Waals surface area (Å²) in [5, 5.41) is 0. The summed E-state index contributed by atoms with van der Waals surface area (Å²) in [5.41, 5.74) is 7.88. The molecule has 1 aromatic heterocycles. The Balaban J connectivity index is 1.63. The van der Waals surface area contributed by atoms with Gasteiger partial charge in [-0.2, -0.15) is 4.99 Å². The van der Waals surface area contributed by atoms with E-state index in [1.165, 1.54) is 23.1 Å². The topological polar surface area (TPSA) is 62.6 Å². The van der Waals surface area contributed by atoms with E-state index < -0.39 is 11.9 Å². The average molecular weight is 416 g/mol. The van der Waals surface area contributed by atoms with Gasteiger partial charge in [0.25, 0.3) is 5.91 Å². The zero-order chi connectivity index (χ0) is 22.6. The highest BCUT2D eigenvalue weighted by atomic mass is 16.2. The van der Waals surface area contributed by atoms with Crippen LogP contribution in [0.15, 0.2) is 42.0 Å². The molecule has 0 radical (unpaired) electrons. The van der Waals surface area contributed by atoms with Gasteiger partial charge < -0.3 is 0 Å². The molecule has 1 aliphatic carbocycles. The maximum Gasteiger partial charge on any atom is 0.350 e. The number of amides is 3. The van der Waals surface area contributed by atoms with Crippen molar-refractivity contribution < 1.29 is 9.59 Å². The molecule has 0 bridgehead atoms. The molecule has 2 aliphatic rings. The zero-order valence-corrected chi connectivity index (χ0v) is 19.0. The van der Waals surface area contributed by atoms with Gasteiger partial charge in [0.1, 0.15) is 0 Å². The van der Waals surface area contributed by atoms with E-state index >= 15 is 0 Å². The van der Waals surface area contributed by atoms with Gasteiger partial charge in [0.2, 0.25) is 0 Å². The van der Waals surface area contributed by atoms with Crippen molar-refractivity contribution in [2.24, 2.45) is 4.99 Å². The molecule has 0 N–H and O–H groups in total. The minimum absolute atomic E-state index is 0.127. The fraction of sp³-hybridized carbons (Fsp3) is 0.385. The lowest BCUT2D eigenvalue weighted by Crippen LogP contribution is -2.34. The summed E-state index contributed by atoms with van der Waals surface area (Å²) in [4.78, 5) is 32.6. The summed E-state index contributed by atoms with van der Waals surface area (Å²) in [6, 6.07) is 7.89. The second-order valence-corrected chi connectivity index (χ2v) is 9.98.